The van der Waals surface area contributed by atoms with Gasteiger partial charge in [-0.3, -0.25) is 9.58 Å². The Labute approximate surface area is 124 Å². The van der Waals surface area contributed by atoms with Crippen LogP contribution in [-0.4, -0.2) is 57.5 Å². The normalized spacial score (nSPS) is 16.3. The van der Waals surface area contributed by atoms with Crippen LogP contribution in [-0.2, 0) is 18.2 Å². The van der Waals surface area contributed by atoms with Gasteiger partial charge in [0.15, 0.2) is 0 Å². The topological polar surface area (TPSA) is 56.1 Å². The fourth-order valence-electron chi connectivity index (χ4n) is 2.60. The molecule has 0 amide bonds. The molecule has 3 heterocycles. The summed E-state index contributed by atoms with van der Waals surface area (Å²) in [7, 11) is 1.93. The highest BCUT2D eigenvalue weighted by Crippen LogP contribution is 2.19. The van der Waals surface area contributed by atoms with Crippen LogP contribution in [0.4, 0.5) is 0 Å². The second-order valence-corrected chi connectivity index (χ2v) is 5.36. The van der Waals surface area contributed by atoms with Gasteiger partial charge in [0.05, 0.1) is 24.6 Å². The Kier molecular flexibility index (Phi) is 4.26. The maximum absolute atomic E-state index is 5.36. The first kappa shape index (κ1) is 14.2. The van der Waals surface area contributed by atoms with Crippen molar-refractivity contribution in [2.75, 3.05) is 32.8 Å². The quantitative estimate of drug-likeness (QED) is 0.841. The Hall–Kier alpha value is -1.79. The molecule has 0 saturated carbocycles. The van der Waals surface area contributed by atoms with Crippen molar-refractivity contribution in [1.82, 2.24) is 24.6 Å². The van der Waals surface area contributed by atoms with Crippen molar-refractivity contribution in [2.45, 2.75) is 13.3 Å². The summed E-state index contributed by atoms with van der Waals surface area (Å²) in [5.41, 5.74) is 3.02. The van der Waals surface area contributed by atoms with E-state index in [1.54, 1.807) is 0 Å². The van der Waals surface area contributed by atoms with E-state index in [1.807, 2.05) is 37.1 Å². The minimum absolute atomic E-state index is 0.829. The lowest BCUT2D eigenvalue weighted by molar-refractivity contribution is 0.0382. The van der Waals surface area contributed by atoms with Crippen molar-refractivity contribution < 1.29 is 4.74 Å². The van der Waals surface area contributed by atoms with Crippen molar-refractivity contribution in [3.05, 3.63) is 30.0 Å². The van der Waals surface area contributed by atoms with E-state index in [-0.39, 0.29) is 0 Å². The van der Waals surface area contributed by atoms with Gasteiger partial charge in [0.25, 0.3) is 0 Å². The Morgan fingerprint density at radius 2 is 2.10 bits per heavy atom. The number of hydrogen-bond acceptors (Lipinski definition) is 5. The molecule has 3 rings (SSSR count). The minimum Gasteiger partial charge on any atom is -0.379 e. The zero-order valence-electron chi connectivity index (χ0n) is 12.6. The third-order valence-corrected chi connectivity index (χ3v) is 3.75. The molecule has 1 saturated heterocycles. The molecule has 6 nitrogen and oxygen atoms in total. The van der Waals surface area contributed by atoms with Crippen molar-refractivity contribution in [3.8, 4) is 11.3 Å². The Morgan fingerprint density at radius 3 is 2.81 bits per heavy atom. The molecule has 2 aromatic rings. The van der Waals surface area contributed by atoms with Crippen LogP contribution in [0.15, 0.2) is 18.5 Å². The Balaban J connectivity index is 1.69. The van der Waals surface area contributed by atoms with Crippen molar-refractivity contribution in [2.24, 2.45) is 7.05 Å². The van der Waals surface area contributed by atoms with Gasteiger partial charge in [-0.05, 0) is 13.0 Å². The summed E-state index contributed by atoms with van der Waals surface area (Å²) in [6.07, 6.45) is 4.71. The highest BCUT2D eigenvalue weighted by Gasteiger charge is 2.12. The summed E-state index contributed by atoms with van der Waals surface area (Å²) in [6, 6.07) is 1.95. The molecule has 1 aliphatic heterocycles. The lowest BCUT2D eigenvalue weighted by Crippen LogP contribution is -2.37. The summed E-state index contributed by atoms with van der Waals surface area (Å²) in [5, 5.41) is 4.37. The van der Waals surface area contributed by atoms with Crippen LogP contribution in [0, 0.1) is 6.92 Å². The van der Waals surface area contributed by atoms with Crippen molar-refractivity contribution in [1.29, 1.82) is 0 Å². The smallest absolute Gasteiger partial charge is 0.130 e. The van der Waals surface area contributed by atoms with Gasteiger partial charge in [0.2, 0.25) is 0 Å². The van der Waals surface area contributed by atoms with E-state index in [0.29, 0.717) is 0 Å². The zero-order chi connectivity index (χ0) is 14.7. The first-order valence-electron chi connectivity index (χ1n) is 7.35. The van der Waals surface area contributed by atoms with Gasteiger partial charge in [-0.15, -0.1) is 0 Å². The summed E-state index contributed by atoms with van der Waals surface area (Å²) in [4.78, 5) is 11.5. The summed E-state index contributed by atoms with van der Waals surface area (Å²) in [5.74, 6) is 0.891. The predicted molar refractivity (Wildman–Crippen MR) is 79.9 cm³/mol. The van der Waals surface area contributed by atoms with E-state index in [0.717, 1.165) is 62.0 Å². The molecule has 0 spiro atoms. The number of nitrogens with zero attached hydrogens (tertiary/aromatic N) is 5. The molecule has 1 fully saturated rings. The standard InChI is InChI=1S/C15H21N5O/c1-12-13(11-19(2)18-12)14-3-5-16-15(17-14)4-6-20-7-9-21-10-8-20/h3,5,11H,4,6-10H2,1-2H3. The number of aromatic nitrogens is 4. The van der Waals surface area contributed by atoms with Gasteiger partial charge >= 0.3 is 0 Å². The molecule has 6 heteroatoms. The van der Waals surface area contributed by atoms with Crippen LogP contribution >= 0.6 is 0 Å². The molecule has 112 valence electrons. The van der Waals surface area contributed by atoms with E-state index >= 15 is 0 Å². The van der Waals surface area contributed by atoms with Crippen LogP contribution in [0.1, 0.15) is 11.5 Å². The van der Waals surface area contributed by atoms with Crippen LogP contribution < -0.4 is 0 Å². The van der Waals surface area contributed by atoms with E-state index in [4.69, 9.17) is 4.74 Å². The Bertz CT molecular complexity index is 604. The van der Waals surface area contributed by atoms with Gasteiger partial charge in [-0.25, -0.2) is 9.97 Å². The summed E-state index contributed by atoms with van der Waals surface area (Å²) in [6.45, 7) is 6.65. The molecule has 0 bridgehead atoms. The fraction of sp³-hybridized carbons (Fsp3) is 0.533. The second-order valence-electron chi connectivity index (χ2n) is 5.36. The molecule has 1 aliphatic rings. The average Bonchev–Trinajstić information content (AvgIpc) is 2.85. The third-order valence-electron chi connectivity index (χ3n) is 3.75. The maximum Gasteiger partial charge on any atom is 0.130 e. The number of morpholine rings is 1. The van der Waals surface area contributed by atoms with Gasteiger partial charge < -0.3 is 4.74 Å². The summed E-state index contributed by atoms with van der Waals surface area (Å²) >= 11 is 0. The lowest BCUT2D eigenvalue weighted by Gasteiger charge is -2.26. The number of ether oxygens (including phenoxy) is 1. The first-order chi connectivity index (χ1) is 10.2. The highest BCUT2D eigenvalue weighted by molar-refractivity contribution is 5.60. The van der Waals surface area contributed by atoms with Crippen LogP contribution in [0.2, 0.25) is 0 Å². The van der Waals surface area contributed by atoms with Gasteiger partial charge in [-0.1, -0.05) is 0 Å². The average molecular weight is 287 g/mol. The zero-order valence-corrected chi connectivity index (χ0v) is 12.6. The van der Waals surface area contributed by atoms with E-state index in [9.17, 15) is 0 Å². The maximum atomic E-state index is 5.36. The van der Waals surface area contributed by atoms with Crippen LogP contribution in [0.25, 0.3) is 11.3 Å². The predicted octanol–water partition coefficient (Wildman–Crippen LogP) is 1.06. The van der Waals surface area contributed by atoms with Gasteiger partial charge in [0, 0.05) is 51.1 Å². The highest BCUT2D eigenvalue weighted by atomic mass is 16.5. The first-order valence-corrected chi connectivity index (χ1v) is 7.35. The molecule has 21 heavy (non-hydrogen) atoms. The SMILES string of the molecule is Cc1nn(C)cc1-c1ccnc(CCN2CCOCC2)n1. The fourth-order valence-corrected chi connectivity index (χ4v) is 2.60. The van der Waals surface area contributed by atoms with Gasteiger partial charge in [0.1, 0.15) is 5.82 Å². The molecule has 0 unspecified atom stereocenters. The van der Waals surface area contributed by atoms with Crippen molar-refractivity contribution >= 4 is 0 Å². The second kappa shape index (κ2) is 6.32. The molecular weight excluding hydrogens is 266 g/mol. The van der Waals surface area contributed by atoms with E-state index in [1.165, 1.54) is 0 Å². The molecule has 0 atom stereocenters. The number of rotatable bonds is 4. The third kappa shape index (κ3) is 3.46. The molecule has 0 aliphatic carbocycles. The van der Waals surface area contributed by atoms with Crippen molar-refractivity contribution in [3.63, 3.8) is 0 Å². The molecule has 0 N–H and O–H groups in total. The van der Waals surface area contributed by atoms with Gasteiger partial charge in [-0.2, -0.15) is 5.10 Å². The monoisotopic (exact) mass is 287 g/mol. The van der Waals surface area contributed by atoms with E-state index < -0.39 is 0 Å². The largest absolute Gasteiger partial charge is 0.379 e. The van der Waals surface area contributed by atoms with Crippen LogP contribution in [0.5, 0.6) is 0 Å². The van der Waals surface area contributed by atoms with E-state index in [2.05, 4.69) is 20.0 Å². The lowest BCUT2D eigenvalue weighted by atomic mass is 10.2. The molecular formula is C15H21N5O. The Morgan fingerprint density at radius 1 is 1.29 bits per heavy atom. The number of aryl methyl sites for hydroxylation is 2. The molecule has 0 radical (unpaired) electrons. The molecule has 0 aromatic carbocycles. The minimum atomic E-state index is 0.829. The number of hydrogen-bond donors (Lipinski definition) is 0. The summed E-state index contributed by atoms with van der Waals surface area (Å²) < 4.78 is 7.18. The molecule has 2 aromatic heterocycles. The van der Waals surface area contributed by atoms with Crippen LogP contribution in [0.3, 0.4) is 0 Å².